The van der Waals surface area contributed by atoms with Crippen molar-refractivity contribution in [3.63, 3.8) is 0 Å². The Labute approximate surface area is 189 Å². The van der Waals surface area contributed by atoms with Crippen LogP contribution in [-0.4, -0.2) is 34.8 Å². The molecule has 0 spiro atoms. The number of ketones is 1. The van der Waals surface area contributed by atoms with Crippen LogP contribution in [-0.2, 0) is 25.7 Å². The number of Topliss-reactive ketones (excluding diaryl/α,β-unsaturated/α-hetero) is 1. The van der Waals surface area contributed by atoms with Gasteiger partial charge < -0.3 is 19.9 Å². The molecule has 0 saturated heterocycles. The Morgan fingerprint density at radius 2 is 1.97 bits per heavy atom. The molecule has 1 aliphatic heterocycles. The van der Waals surface area contributed by atoms with E-state index in [4.69, 9.17) is 19.9 Å². The van der Waals surface area contributed by atoms with Crippen molar-refractivity contribution in [3.05, 3.63) is 65.2 Å². The molecule has 0 aliphatic carbocycles. The molecular formula is C23H23BrN2O5. The van der Waals surface area contributed by atoms with Crippen LogP contribution in [0.4, 0.5) is 0 Å². The fourth-order valence-corrected chi connectivity index (χ4v) is 3.71. The maximum Gasteiger partial charge on any atom is 0.331 e. The number of nitrogens with zero attached hydrogens (tertiary/aromatic N) is 1. The van der Waals surface area contributed by atoms with Crippen molar-refractivity contribution < 1.29 is 23.8 Å². The first kappa shape index (κ1) is 22.9. The molecular weight excluding hydrogens is 464 g/mol. The molecule has 2 aromatic carbocycles. The van der Waals surface area contributed by atoms with Gasteiger partial charge in [-0.05, 0) is 37.6 Å². The van der Waals surface area contributed by atoms with Gasteiger partial charge in [0.2, 0.25) is 0 Å². The number of rotatable bonds is 7. The zero-order valence-electron chi connectivity index (χ0n) is 17.2. The van der Waals surface area contributed by atoms with Crippen LogP contribution in [0.5, 0.6) is 5.75 Å². The van der Waals surface area contributed by atoms with E-state index in [0.717, 1.165) is 5.56 Å². The van der Waals surface area contributed by atoms with Crippen molar-refractivity contribution in [1.29, 1.82) is 5.26 Å². The van der Waals surface area contributed by atoms with Gasteiger partial charge in [0.25, 0.3) is 0 Å². The van der Waals surface area contributed by atoms with Crippen LogP contribution in [0.1, 0.15) is 36.6 Å². The highest BCUT2D eigenvalue weighted by Gasteiger charge is 2.43. The number of carbonyl (C=O) groups excluding carboxylic acids is 2. The van der Waals surface area contributed by atoms with E-state index in [2.05, 4.69) is 22.0 Å². The highest BCUT2D eigenvalue weighted by molar-refractivity contribution is 9.09. The van der Waals surface area contributed by atoms with E-state index in [1.54, 1.807) is 30.3 Å². The van der Waals surface area contributed by atoms with E-state index in [1.807, 2.05) is 32.0 Å². The average Bonchev–Trinajstić information content (AvgIpc) is 2.77. The molecule has 1 aliphatic rings. The highest BCUT2D eigenvalue weighted by Crippen LogP contribution is 2.45. The summed E-state index contributed by atoms with van der Waals surface area (Å²) in [4.78, 5) is 24.4. The number of halogens is 1. The van der Waals surface area contributed by atoms with Gasteiger partial charge in [0, 0.05) is 5.56 Å². The molecule has 1 heterocycles. The van der Waals surface area contributed by atoms with Crippen molar-refractivity contribution in [2.75, 3.05) is 6.61 Å². The lowest BCUT2D eigenvalue weighted by atomic mass is 9.90. The Morgan fingerprint density at radius 3 is 2.65 bits per heavy atom. The minimum Gasteiger partial charge on any atom is -0.486 e. The Kier molecular flexibility index (Phi) is 7.11. The molecule has 3 atom stereocenters. The standard InChI is InChI=1S/C23H23BrN2O5/c1-23(2)21(24)20(16-10-15(11-25)8-9-18(16)31-23)29-13-17(27)19(26)22(28)30-12-14-6-4-3-5-7-14/h3-10,19-21H,12-13,26H2,1-2H3/t19?,20-,21+/m0/s1. The lowest BCUT2D eigenvalue weighted by Gasteiger charge is -2.41. The van der Waals surface area contributed by atoms with Gasteiger partial charge in [-0.2, -0.15) is 5.26 Å². The lowest BCUT2D eigenvalue weighted by Crippen LogP contribution is -2.47. The third-order valence-electron chi connectivity index (χ3n) is 4.98. The van der Waals surface area contributed by atoms with Gasteiger partial charge in [0.05, 0.1) is 16.5 Å². The molecule has 2 aromatic rings. The summed E-state index contributed by atoms with van der Waals surface area (Å²) in [5.74, 6) is -0.837. The SMILES string of the molecule is CC1(C)Oc2ccc(C#N)cc2[C@H](OCC(=O)C(N)C(=O)OCc2ccccc2)[C@H]1Br. The van der Waals surface area contributed by atoms with E-state index in [1.165, 1.54) is 0 Å². The fourth-order valence-electron chi connectivity index (χ4n) is 3.18. The van der Waals surface area contributed by atoms with Crippen LogP contribution in [0.15, 0.2) is 48.5 Å². The van der Waals surface area contributed by atoms with Gasteiger partial charge in [0.1, 0.15) is 30.7 Å². The third-order valence-corrected chi connectivity index (χ3v) is 6.56. The third kappa shape index (κ3) is 5.31. The molecule has 0 fully saturated rings. The maximum atomic E-state index is 12.5. The van der Waals surface area contributed by atoms with Gasteiger partial charge in [-0.1, -0.05) is 46.3 Å². The molecule has 1 unspecified atom stereocenters. The molecule has 3 rings (SSSR count). The van der Waals surface area contributed by atoms with Crippen molar-refractivity contribution >= 4 is 27.7 Å². The molecule has 2 N–H and O–H groups in total. The quantitative estimate of drug-likeness (QED) is 0.363. The highest BCUT2D eigenvalue weighted by atomic mass is 79.9. The molecule has 0 saturated carbocycles. The number of nitriles is 1. The molecule has 162 valence electrons. The number of benzene rings is 2. The maximum absolute atomic E-state index is 12.5. The number of hydrogen-bond donors (Lipinski definition) is 1. The van der Waals surface area contributed by atoms with E-state index < -0.39 is 29.5 Å². The predicted octanol–water partition coefficient (Wildman–Crippen LogP) is 3.19. The van der Waals surface area contributed by atoms with E-state index in [0.29, 0.717) is 16.9 Å². The second kappa shape index (κ2) is 9.60. The number of nitrogens with two attached hydrogens (primary N) is 1. The van der Waals surface area contributed by atoms with Gasteiger partial charge in [-0.15, -0.1) is 0 Å². The first-order valence-electron chi connectivity index (χ1n) is 9.70. The first-order chi connectivity index (χ1) is 14.7. The minimum atomic E-state index is -1.45. The Morgan fingerprint density at radius 1 is 1.26 bits per heavy atom. The average molecular weight is 487 g/mol. The summed E-state index contributed by atoms with van der Waals surface area (Å²) in [6, 6.07) is 14.8. The smallest absolute Gasteiger partial charge is 0.331 e. The lowest BCUT2D eigenvalue weighted by molar-refractivity contribution is -0.150. The summed E-state index contributed by atoms with van der Waals surface area (Å²) >= 11 is 3.59. The van der Waals surface area contributed by atoms with E-state index >= 15 is 0 Å². The largest absolute Gasteiger partial charge is 0.486 e. The molecule has 31 heavy (non-hydrogen) atoms. The summed E-state index contributed by atoms with van der Waals surface area (Å²) in [5.41, 5.74) is 7.04. The molecule has 0 bridgehead atoms. The summed E-state index contributed by atoms with van der Waals surface area (Å²) in [7, 11) is 0. The Balaban J connectivity index is 1.66. The summed E-state index contributed by atoms with van der Waals surface area (Å²) in [6.45, 7) is 3.42. The van der Waals surface area contributed by atoms with Crippen LogP contribution >= 0.6 is 15.9 Å². The van der Waals surface area contributed by atoms with Crippen molar-refractivity contribution in [3.8, 4) is 11.8 Å². The van der Waals surface area contributed by atoms with Crippen LogP contribution in [0.3, 0.4) is 0 Å². The topological polar surface area (TPSA) is 112 Å². The zero-order chi connectivity index (χ0) is 22.6. The molecule has 0 radical (unpaired) electrons. The van der Waals surface area contributed by atoms with Crippen LogP contribution in [0.2, 0.25) is 0 Å². The fraction of sp³-hybridized carbons (Fsp3) is 0.348. The molecule has 8 heteroatoms. The van der Waals surface area contributed by atoms with Crippen LogP contribution < -0.4 is 10.5 Å². The number of hydrogen-bond acceptors (Lipinski definition) is 7. The second-order valence-corrected chi connectivity index (χ2v) is 8.73. The van der Waals surface area contributed by atoms with Gasteiger partial charge >= 0.3 is 5.97 Å². The zero-order valence-corrected chi connectivity index (χ0v) is 18.8. The van der Waals surface area contributed by atoms with Crippen LogP contribution in [0, 0.1) is 11.3 Å². The van der Waals surface area contributed by atoms with Gasteiger partial charge in [0.15, 0.2) is 11.8 Å². The summed E-state index contributed by atoms with van der Waals surface area (Å²) < 4.78 is 17.0. The van der Waals surface area contributed by atoms with Crippen LogP contribution in [0.25, 0.3) is 0 Å². The number of alkyl halides is 1. The summed E-state index contributed by atoms with van der Waals surface area (Å²) in [5, 5.41) is 9.21. The van der Waals surface area contributed by atoms with Crippen molar-refractivity contribution in [2.24, 2.45) is 5.73 Å². The van der Waals surface area contributed by atoms with Crippen molar-refractivity contribution in [1.82, 2.24) is 0 Å². The monoisotopic (exact) mass is 486 g/mol. The molecule has 0 amide bonds. The van der Waals surface area contributed by atoms with Crippen molar-refractivity contribution in [2.45, 2.75) is 43.0 Å². The number of esters is 1. The van der Waals surface area contributed by atoms with E-state index in [9.17, 15) is 14.9 Å². The van der Waals surface area contributed by atoms with Gasteiger partial charge in [-0.3, -0.25) is 4.79 Å². The second-order valence-electron chi connectivity index (χ2n) is 7.74. The normalized spacial score (nSPS) is 20.0. The number of carbonyl (C=O) groups is 2. The Hall–Kier alpha value is -2.73. The van der Waals surface area contributed by atoms with Gasteiger partial charge in [-0.25, -0.2) is 4.79 Å². The molecule has 7 nitrogen and oxygen atoms in total. The first-order valence-corrected chi connectivity index (χ1v) is 10.6. The molecule has 0 aromatic heterocycles. The Bertz CT molecular complexity index is 1000. The minimum absolute atomic E-state index is 0.0312. The summed E-state index contributed by atoms with van der Waals surface area (Å²) in [6.07, 6.45) is -0.580. The van der Waals surface area contributed by atoms with E-state index in [-0.39, 0.29) is 18.0 Å². The number of ether oxygens (including phenoxy) is 3. The number of fused-ring (bicyclic) bond motifs is 1. The predicted molar refractivity (Wildman–Crippen MR) is 116 cm³/mol.